The molecule has 0 atom stereocenters. The lowest BCUT2D eigenvalue weighted by atomic mass is 10.2. The van der Waals surface area contributed by atoms with E-state index in [9.17, 15) is 19.2 Å². The van der Waals surface area contributed by atoms with Crippen molar-refractivity contribution in [3.63, 3.8) is 0 Å². The number of hydrogen-bond donors (Lipinski definition) is 5. The molecule has 0 bridgehead atoms. The zero-order valence-electron chi connectivity index (χ0n) is 20.2. The van der Waals surface area contributed by atoms with Gasteiger partial charge in [-0.25, -0.2) is 4.79 Å². The Kier molecular flexibility index (Phi) is 20.1. The van der Waals surface area contributed by atoms with E-state index in [0.29, 0.717) is 12.8 Å². The lowest BCUT2D eigenvalue weighted by molar-refractivity contribution is -0.146. The van der Waals surface area contributed by atoms with Crippen LogP contribution in [0, 0.1) is 0 Å². The van der Waals surface area contributed by atoms with E-state index in [4.69, 9.17) is 9.84 Å². The van der Waals surface area contributed by atoms with Crippen molar-refractivity contribution in [2.24, 2.45) is 0 Å². The Morgan fingerprint density at radius 2 is 1.18 bits per heavy atom. The van der Waals surface area contributed by atoms with E-state index in [1.54, 1.807) is 0 Å². The first-order chi connectivity index (χ1) is 15.9. The molecule has 0 saturated carbocycles. The third-order valence-electron chi connectivity index (χ3n) is 4.87. The molecule has 0 aliphatic heterocycles. The van der Waals surface area contributed by atoms with Gasteiger partial charge in [0.1, 0.15) is 13.2 Å². The van der Waals surface area contributed by atoms with E-state index in [2.05, 4.69) is 21.3 Å². The van der Waals surface area contributed by atoms with E-state index in [1.807, 2.05) is 14.1 Å². The summed E-state index contributed by atoms with van der Waals surface area (Å²) in [4.78, 5) is 48.4. The molecule has 0 saturated heterocycles. The van der Waals surface area contributed by atoms with E-state index in [-0.39, 0.29) is 50.5 Å². The molecule has 0 aromatic heterocycles. The van der Waals surface area contributed by atoms with Crippen LogP contribution in [-0.2, 0) is 23.9 Å². The second kappa shape index (κ2) is 21.6. The molecule has 3 amide bonds. The lowest BCUT2D eigenvalue weighted by Gasteiger charge is -2.23. The number of aliphatic carboxylic acids is 1. The molecular weight excluding hydrogens is 430 g/mol. The highest BCUT2D eigenvalue weighted by Gasteiger charge is 2.15. The van der Waals surface area contributed by atoms with Gasteiger partial charge in [0.05, 0.1) is 0 Å². The fraction of sp³-hybridized carbons (Fsp3) is 0.818. The minimum atomic E-state index is -1.15. The summed E-state index contributed by atoms with van der Waals surface area (Å²) in [5.41, 5.74) is 0. The molecule has 11 heteroatoms. The summed E-state index contributed by atoms with van der Waals surface area (Å²) in [5.74, 6) is -1.68. The number of carbonyl (C=O) groups is 4. The number of carboxylic acid groups (broad SMARTS) is 1. The molecular formula is C22H43N5O6. The van der Waals surface area contributed by atoms with Gasteiger partial charge in [-0.15, -0.1) is 0 Å². The highest BCUT2D eigenvalue weighted by atomic mass is 16.5. The van der Waals surface area contributed by atoms with Gasteiger partial charge in [-0.2, -0.15) is 0 Å². The molecule has 5 N–H and O–H groups in total. The maximum Gasteiger partial charge on any atom is 0.329 e. The lowest BCUT2D eigenvalue weighted by Crippen LogP contribution is -2.44. The normalized spacial score (nSPS) is 10.6. The zero-order valence-corrected chi connectivity index (χ0v) is 20.2. The number of nitrogens with one attached hydrogen (secondary N) is 4. The molecule has 0 aliphatic carbocycles. The molecule has 0 unspecified atom stereocenters. The molecule has 0 spiro atoms. The van der Waals surface area contributed by atoms with E-state index in [0.717, 1.165) is 51.6 Å². The van der Waals surface area contributed by atoms with E-state index < -0.39 is 12.6 Å². The van der Waals surface area contributed by atoms with Crippen LogP contribution in [0.25, 0.3) is 0 Å². The summed E-state index contributed by atoms with van der Waals surface area (Å²) < 4.78 is 4.89. The number of hydrogen-bond acceptors (Lipinski definition) is 7. The maximum atomic E-state index is 12.4. The number of carbonyl (C=O) groups excluding carboxylic acids is 3. The summed E-state index contributed by atoms with van der Waals surface area (Å²) in [6.45, 7) is 1.98. The number of carboxylic acids is 1. The van der Waals surface area contributed by atoms with Crippen molar-refractivity contribution in [1.29, 1.82) is 0 Å². The first-order valence-electron chi connectivity index (χ1n) is 11.8. The minimum Gasteiger partial charge on any atom is -0.480 e. The van der Waals surface area contributed by atoms with Gasteiger partial charge in [-0.1, -0.05) is 12.8 Å². The summed E-state index contributed by atoms with van der Waals surface area (Å²) in [7, 11) is 3.79. The number of nitrogens with zero attached hydrogens (tertiary/aromatic N) is 1. The van der Waals surface area contributed by atoms with Crippen LogP contribution in [0.1, 0.15) is 51.4 Å². The van der Waals surface area contributed by atoms with Gasteiger partial charge >= 0.3 is 5.97 Å². The smallest absolute Gasteiger partial charge is 0.329 e. The monoisotopic (exact) mass is 473 g/mol. The number of unbranched alkanes of at least 4 members (excludes halogenated alkanes) is 4. The summed E-state index contributed by atoms with van der Waals surface area (Å²) >= 11 is 0. The molecule has 0 rings (SSSR count). The van der Waals surface area contributed by atoms with Crippen molar-refractivity contribution in [3.05, 3.63) is 0 Å². The van der Waals surface area contributed by atoms with Gasteiger partial charge in [0.25, 0.3) is 0 Å². The highest BCUT2D eigenvalue weighted by molar-refractivity contribution is 5.79. The molecule has 0 fully saturated rings. The van der Waals surface area contributed by atoms with Crippen molar-refractivity contribution in [2.75, 3.05) is 66.6 Å². The Hall–Kier alpha value is -2.24. The third-order valence-corrected chi connectivity index (χ3v) is 4.87. The third kappa shape index (κ3) is 20.1. The fourth-order valence-corrected chi connectivity index (χ4v) is 3.04. The molecule has 192 valence electrons. The van der Waals surface area contributed by atoms with Crippen LogP contribution < -0.4 is 21.3 Å². The predicted molar refractivity (Wildman–Crippen MR) is 126 cm³/mol. The Bertz CT molecular complexity index is 529. The number of rotatable bonds is 22. The number of amides is 3. The summed E-state index contributed by atoms with van der Waals surface area (Å²) in [6, 6.07) is 0. The van der Waals surface area contributed by atoms with Crippen LogP contribution >= 0.6 is 0 Å². The predicted octanol–water partition coefficient (Wildman–Crippen LogP) is -0.292. The minimum absolute atomic E-state index is 0.0689. The number of ether oxygens (including phenoxy) is 1. The van der Waals surface area contributed by atoms with Crippen molar-refractivity contribution >= 4 is 23.7 Å². The van der Waals surface area contributed by atoms with Crippen molar-refractivity contribution in [2.45, 2.75) is 51.4 Å². The van der Waals surface area contributed by atoms with Crippen molar-refractivity contribution in [3.8, 4) is 0 Å². The first-order valence-corrected chi connectivity index (χ1v) is 11.8. The average Bonchev–Trinajstić information content (AvgIpc) is 2.77. The molecule has 0 aromatic carbocycles. The van der Waals surface area contributed by atoms with Crippen LogP contribution in [0.5, 0.6) is 0 Å². The molecule has 0 aliphatic rings. The highest BCUT2D eigenvalue weighted by Crippen LogP contribution is 2.00. The second-order valence-corrected chi connectivity index (χ2v) is 7.80. The van der Waals surface area contributed by atoms with Crippen molar-refractivity contribution in [1.82, 2.24) is 26.2 Å². The van der Waals surface area contributed by atoms with Crippen LogP contribution in [0.2, 0.25) is 0 Å². The Labute approximate surface area is 197 Å². The van der Waals surface area contributed by atoms with E-state index in [1.165, 1.54) is 4.90 Å². The molecule has 33 heavy (non-hydrogen) atoms. The average molecular weight is 474 g/mol. The van der Waals surface area contributed by atoms with Gasteiger partial charge in [-0.05, 0) is 52.9 Å². The fourth-order valence-electron chi connectivity index (χ4n) is 3.04. The van der Waals surface area contributed by atoms with Gasteiger partial charge in [-0.3, -0.25) is 14.4 Å². The largest absolute Gasteiger partial charge is 0.480 e. The van der Waals surface area contributed by atoms with Crippen LogP contribution in [-0.4, -0.2) is 100 Å². The first kappa shape index (κ1) is 30.8. The Balaban J connectivity index is 4.32. The SMILES string of the molecule is CNCCCCCC(=O)NCCN(CCNC(=O)CCCCCNC)C(=O)COCC(=O)O. The maximum absolute atomic E-state index is 12.4. The van der Waals surface area contributed by atoms with Crippen LogP contribution in [0.3, 0.4) is 0 Å². The zero-order chi connectivity index (χ0) is 24.7. The standard InChI is InChI=1S/C22H43N5O6/c1-23-11-7-3-5-9-19(28)25-13-15-27(21(30)17-33-18-22(31)32)16-14-26-20(29)10-6-4-8-12-24-2/h23-24H,3-18H2,1-2H3,(H,25,28)(H,26,29)(H,31,32). The molecule has 0 radical (unpaired) electrons. The van der Waals surface area contributed by atoms with Crippen LogP contribution in [0.4, 0.5) is 0 Å². The molecule has 0 heterocycles. The van der Waals surface area contributed by atoms with Gasteiger partial charge in [0, 0.05) is 39.0 Å². The van der Waals surface area contributed by atoms with Gasteiger partial charge < -0.3 is 36.0 Å². The second-order valence-electron chi connectivity index (χ2n) is 7.80. The molecule has 11 nitrogen and oxygen atoms in total. The van der Waals surface area contributed by atoms with E-state index >= 15 is 0 Å². The quantitative estimate of drug-likeness (QED) is 0.135. The van der Waals surface area contributed by atoms with Crippen molar-refractivity contribution < 1.29 is 29.0 Å². The van der Waals surface area contributed by atoms with Gasteiger partial charge in [0.2, 0.25) is 17.7 Å². The summed E-state index contributed by atoms with van der Waals surface area (Å²) in [5, 5.41) is 20.4. The topological polar surface area (TPSA) is 149 Å². The van der Waals surface area contributed by atoms with Crippen LogP contribution in [0.15, 0.2) is 0 Å². The Morgan fingerprint density at radius 3 is 1.61 bits per heavy atom. The van der Waals surface area contributed by atoms with Gasteiger partial charge in [0.15, 0.2) is 0 Å². The Morgan fingerprint density at radius 1 is 0.697 bits per heavy atom. The summed E-state index contributed by atoms with van der Waals surface area (Å²) in [6.07, 6.45) is 6.45. The molecule has 0 aromatic rings.